The highest BCUT2D eigenvalue weighted by Crippen LogP contribution is 2.08. The molecule has 0 aromatic carbocycles. The highest BCUT2D eigenvalue weighted by Gasteiger charge is 2.11. The van der Waals surface area contributed by atoms with Crippen molar-refractivity contribution in [3.05, 3.63) is 27.1 Å². The number of hydrogen-bond acceptors (Lipinski definition) is 5. The molecule has 0 atom stereocenters. The van der Waals surface area contributed by atoms with Crippen LogP contribution in [0.25, 0.3) is 0 Å². The Balaban J connectivity index is 3.11. The number of carbonyl (C=O) groups is 1. The summed E-state index contributed by atoms with van der Waals surface area (Å²) in [5, 5.41) is 12.6. The van der Waals surface area contributed by atoms with Crippen LogP contribution in [-0.2, 0) is 22.7 Å². The van der Waals surface area contributed by atoms with E-state index in [4.69, 9.17) is 16.7 Å². The van der Waals surface area contributed by atoms with E-state index in [0.29, 0.717) is 0 Å². The van der Waals surface area contributed by atoms with Gasteiger partial charge in [-0.15, -0.1) is 0 Å². The van der Waals surface area contributed by atoms with E-state index in [9.17, 15) is 9.59 Å². The molecule has 0 aliphatic heterocycles. The summed E-state index contributed by atoms with van der Waals surface area (Å²) in [6, 6.07) is 0. The molecule has 0 aliphatic carbocycles. The number of nitrogens with zero attached hydrogens (tertiary/aromatic N) is 2. The van der Waals surface area contributed by atoms with Gasteiger partial charge in [0.05, 0.1) is 30.5 Å². The van der Waals surface area contributed by atoms with Crippen molar-refractivity contribution in [3.8, 4) is 0 Å². The molecule has 0 amide bonds. The minimum Gasteiger partial charge on any atom is -0.468 e. The lowest BCUT2D eigenvalue weighted by molar-refractivity contribution is -0.141. The second-order valence-electron chi connectivity index (χ2n) is 2.67. The van der Waals surface area contributed by atoms with Gasteiger partial charge in [-0.25, -0.2) is 4.68 Å². The molecule has 0 aliphatic rings. The predicted molar refractivity (Wildman–Crippen MR) is 51.4 cm³/mol. The van der Waals surface area contributed by atoms with Crippen molar-refractivity contribution in [1.82, 2.24) is 9.78 Å². The van der Waals surface area contributed by atoms with Gasteiger partial charge >= 0.3 is 5.97 Å². The standard InChI is InChI=1S/C8H9ClN2O4/c1-15-7(13)3-11-8(14)5(4-12)6(9)2-10-11/h2,12H,3-4H2,1H3. The van der Waals surface area contributed by atoms with E-state index in [1.54, 1.807) is 0 Å². The number of rotatable bonds is 3. The Morgan fingerprint density at radius 3 is 2.93 bits per heavy atom. The molecule has 1 aromatic heterocycles. The van der Waals surface area contributed by atoms with Crippen LogP contribution in [0.3, 0.4) is 0 Å². The fraction of sp³-hybridized carbons (Fsp3) is 0.375. The van der Waals surface area contributed by atoms with Crippen molar-refractivity contribution in [1.29, 1.82) is 0 Å². The Bertz CT molecular complexity index is 429. The topological polar surface area (TPSA) is 81.4 Å². The summed E-state index contributed by atoms with van der Waals surface area (Å²) < 4.78 is 5.26. The zero-order valence-corrected chi connectivity index (χ0v) is 8.69. The number of esters is 1. The van der Waals surface area contributed by atoms with Gasteiger partial charge in [0.1, 0.15) is 6.54 Å². The van der Waals surface area contributed by atoms with Crippen LogP contribution in [0, 0.1) is 0 Å². The Labute approximate surface area is 90.0 Å². The summed E-state index contributed by atoms with van der Waals surface area (Å²) in [6.07, 6.45) is 1.19. The average molecular weight is 233 g/mol. The SMILES string of the molecule is COC(=O)Cn1ncc(Cl)c(CO)c1=O. The van der Waals surface area contributed by atoms with Gasteiger partial charge in [-0.2, -0.15) is 5.10 Å². The third kappa shape index (κ3) is 2.54. The minimum absolute atomic E-state index is 0.00979. The van der Waals surface area contributed by atoms with Gasteiger partial charge in [-0.05, 0) is 0 Å². The lowest BCUT2D eigenvalue weighted by Crippen LogP contribution is -2.29. The second-order valence-corrected chi connectivity index (χ2v) is 3.08. The molecule has 82 valence electrons. The van der Waals surface area contributed by atoms with Crippen molar-refractivity contribution < 1.29 is 14.6 Å². The molecule has 0 fully saturated rings. The molecule has 0 radical (unpaired) electrons. The number of halogens is 1. The molecule has 15 heavy (non-hydrogen) atoms. The highest BCUT2D eigenvalue weighted by molar-refractivity contribution is 6.31. The molecule has 0 saturated heterocycles. The number of hydrogen-bond donors (Lipinski definition) is 1. The number of methoxy groups -OCH3 is 1. The molecule has 1 aromatic rings. The zero-order valence-electron chi connectivity index (χ0n) is 7.94. The van der Waals surface area contributed by atoms with E-state index in [1.165, 1.54) is 13.3 Å². The number of aliphatic hydroxyl groups is 1. The Morgan fingerprint density at radius 1 is 1.73 bits per heavy atom. The molecule has 0 unspecified atom stereocenters. The molecule has 1 N–H and O–H groups in total. The summed E-state index contributed by atoms with van der Waals surface area (Å²) in [7, 11) is 1.20. The first-order valence-corrected chi connectivity index (χ1v) is 4.40. The van der Waals surface area contributed by atoms with Crippen molar-refractivity contribution in [2.45, 2.75) is 13.2 Å². The molecule has 1 rings (SSSR count). The van der Waals surface area contributed by atoms with Gasteiger partial charge < -0.3 is 9.84 Å². The summed E-state index contributed by atoms with van der Waals surface area (Å²) in [5.41, 5.74) is -0.592. The third-order valence-electron chi connectivity index (χ3n) is 1.76. The van der Waals surface area contributed by atoms with Gasteiger partial charge in [0.25, 0.3) is 5.56 Å². The van der Waals surface area contributed by atoms with Crippen molar-refractivity contribution in [2.75, 3.05) is 7.11 Å². The summed E-state index contributed by atoms with van der Waals surface area (Å²) in [4.78, 5) is 22.4. The fourth-order valence-corrected chi connectivity index (χ4v) is 1.14. The smallest absolute Gasteiger partial charge is 0.327 e. The molecular weight excluding hydrogens is 224 g/mol. The molecule has 0 bridgehead atoms. The van der Waals surface area contributed by atoms with Crippen LogP contribution in [0.4, 0.5) is 0 Å². The van der Waals surface area contributed by atoms with E-state index in [-0.39, 0.29) is 17.1 Å². The van der Waals surface area contributed by atoms with Crippen molar-refractivity contribution in [3.63, 3.8) is 0 Å². The van der Waals surface area contributed by atoms with Gasteiger partial charge in [0.15, 0.2) is 0 Å². The average Bonchev–Trinajstić information content (AvgIpc) is 2.23. The Hall–Kier alpha value is -1.40. The van der Waals surface area contributed by atoms with Crippen LogP contribution >= 0.6 is 11.6 Å². The lowest BCUT2D eigenvalue weighted by atomic mass is 10.3. The molecule has 0 saturated carbocycles. The van der Waals surface area contributed by atoms with Crippen molar-refractivity contribution >= 4 is 17.6 Å². The summed E-state index contributed by atoms with van der Waals surface area (Å²) in [6.45, 7) is -0.805. The van der Waals surface area contributed by atoms with Gasteiger partial charge in [-0.1, -0.05) is 11.6 Å². The maximum absolute atomic E-state index is 11.5. The van der Waals surface area contributed by atoms with Crippen LogP contribution in [0.15, 0.2) is 11.0 Å². The number of ether oxygens (including phenoxy) is 1. The predicted octanol–water partition coefficient (Wildman–Crippen LogP) is -0.438. The fourth-order valence-electron chi connectivity index (χ4n) is 0.951. The van der Waals surface area contributed by atoms with Crippen LogP contribution in [0.5, 0.6) is 0 Å². The largest absolute Gasteiger partial charge is 0.468 e. The monoisotopic (exact) mass is 232 g/mol. The zero-order chi connectivity index (χ0) is 11.4. The van der Waals surface area contributed by atoms with E-state index in [1.807, 2.05) is 0 Å². The molecular formula is C8H9ClN2O4. The molecule has 7 heteroatoms. The van der Waals surface area contributed by atoms with Crippen LogP contribution in [0.2, 0.25) is 5.02 Å². The van der Waals surface area contributed by atoms with E-state index < -0.39 is 18.1 Å². The summed E-state index contributed by atoms with van der Waals surface area (Å²) >= 11 is 5.62. The normalized spacial score (nSPS) is 10.1. The molecule has 1 heterocycles. The molecule has 6 nitrogen and oxygen atoms in total. The first-order valence-electron chi connectivity index (χ1n) is 4.02. The highest BCUT2D eigenvalue weighted by atomic mass is 35.5. The summed E-state index contributed by atoms with van der Waals surface area (Å²) in [5.74, 6) is -0.601. The van der Waals surface area contributed by atoms with Crippen molar-refractivity contribution in [2.24, 2.45) is 0 Å². The quantitative estimate of drug-likeness (QED) is 0.715. The van der Waals surface area contributed by atoms with E-state index in [2.05, 4.69) is 9.84 Å². The third-order valence-corrected chi connectivity index (χ3v) is 2.08. The van der Waals surface area contributed by atoms with Crippen LogP contribution < -0.4 is 5.56 Å². The Morgan fingerprint density at radius 2 is 2.40 bits per heavy atom. The maximum Gasteiger partial charge on any atom is 0.327 e. The second kappa shape index (κ2) is 4.90. The molecule has 0 spiro atoms. The van der Waals surface area contributed by atoms with Gasteiger partial charge in [-0.3, -0.25) is 9.59 Å². The van der Waals surface area contributed by atoms with Gasteiger partial charge in [0.2, 0.25) is 0 Å². The lowest BCUT2D eigenvalue weighted by Gasteiger charge is -2.05. The first kappa shape index (κ1) is 11.7. The van der Waals surface area contributed by atoms with E-state index >= 15 is 0 Å². The van der Waals surface area contributed by atoms with Crippen LogP contribution in [0.1, 0.15) is 5.56 Å². The minimum atomic E-state index is -0.601. The first-order chi connectivity index (χ1) is 7.10. The Kier molecular flexibility index (Phi) is 3.81. The number of aliphatic hydroxyl groups excluding tert-OH is 1. The van der Waals surface area contributed by atoms with Gasteiger partial charge in [0, 0.05) is 0 Å². The number of carbonyl (C=O) groups excluding carboxylic acids is 1. The number of aromatic nitrogens is 2. The van der Waals surface area contributed by atoms with E-state index in [0.717, 1.165) is 4.68 Å². The maximum atomic E-state index is 11.5. The van der Waals surface area contributed by atoms with Crippen LogP contribution in [-0.4, -0.2) is 28.0 Å².